The fraction of sp³-hybridized carbons (Fsp3) is 0.375. The molecule has 0 aliphatic heterocycles. The number of carbonyl (C=O) groups excluding carboxylic acids is 1. The number of aromatic nitrogens is 2. The number of carbonyl (C=O) groups is 1. The Morgan fingerprint density at radius 1 is 1.35 bits per heavy atom. The Morgan fingerprint density at radius 2 is 2.05 bits per heavy atom. The summed E-state index contributed by atoms with van der Waals surface area (Å²) in [5.41, 5.74) is 2.01. The van der Waals surface area contributed by atoms with Crippen molar-refractivity contribution in [3.63, 3.8) is 0 Å². The van der Waals surface area contributed by atoms with Gasteiger partial charge in [-0.3, -0.25) is 9.48 Å². The predicted octanol–water partition coefficient (Wildman–Crippen LogP) is 2.86. The molecule has 4 nitrogen and oxygen atoms in total. The van der Waals surface area contributed by atoms with E-state index in [0.29, 0.717) is 5.92 Å². The maximum Gasteiger partial charge on any atom is 0.233 e. The average molecular weight is 269 g/mol. The van der Waals surface area contributed by atoms with Gasteiger partial charge in [0.25, 0.3) is 0 Å². The van der Waals surface area contributed by atoms with Gasteiger partial charge in [-0.05, 0) is 31.2 Å². The molecule has 1 saturated carbocycles. The molecule has 1 aromatic heterocycles. The number of nitrogens with one attached hydrogen (secondary N) is 1. The third-order valence-electron chi connectivity index (χ3n) is 3.79. The highest BCUT2D eigenvalue weighted by atomic mass is 16.2. The van der Waals surface area contributed by atoms with Crippen LogP contribution in [0.3, 0.4) is 0 Å². The van der Waals surface area contributed by atoms with Crippen LogP contribution in [0, 0.1) is 12.8 Å². The van der Waals surface area contributed by atoms with Crippen molar-refractivity contribution in [2.75, 3.05) is 5.32 Å². The van der Waals surface area contributed by atoms with Crippen LogP contribution in [0.5, 0.6) is 0 Å². The van der Waals surface area contributed by atoms with Crippen molar-refractivity contribution in [1.29, 1.82) is 0 Å². The molecule has 1 heterocycles. The molecule has 1 fully saturated rings. The number of hydrogen-bond donors (Lipinski definition) is 1. The molecular weight excluding hydrogens is 250 g/mol. The molecule has 1 amide bonds. The van der Waals surface area contributed by atoms with Crippen LogP contribution in [0.2, 0.25) is 0 Å². The lowest BCUT2D eigenvalue weighted by Crippen LogP contribution is -2.24. The lowest BCUT2D eigenvalue weighted by Gasteiger charge is -2.16. The molecule has 1 aliphatic carbocycles. The zero-order chi connectivity index (χ0) is 14.1. The summed E-state index contributed by atoms with van der Waals surface area (Å²) < 4.78 is 1.71. The second kappa shape index (κ2) is 5.12. The summed E-state index contributed by atoms with van der Waals surface area (Å²) in [6, 6.07) is 11.9. The average Bonchev–Trinajstić information content (AvgIpc) is 3.18. The third-order valence-corrected chi connectivity index (χ3v) is 3.79. The Morgan fingerprint density at radius 3 is 2.60 bits per heavy atom. The Hall–Kier alpha value is -2.10. The van der Waals surface area contributed by atoms with E-state index in [1.165, 1.54) is 0 Å². The smallest absolute Gasteiger partial charge is 0.233 e. The Balaban J connectivity index is 1.82. The highest BCUT2D eigenvalue weighted by molar-refractivity contribution is 5.95. The summed E-state index contributed by atoms with van der Waals surface area (Å²) in [4.78, 5) is 12.6. The Kier molecular flexibility index (Phi) is 3.30. The molecular formula is C16H19N3O. The summed E-state index contributed by atoms with van der Waals surface area (Å²) in [6.45, 7) is 1.92. The molecule has 0 saturated heterocycles. The molecule has 2 aromatic rings. The minimum atomic E-state index is -0.0496. The zero-order valence-electron chi connectivity index (χ0n) is 11.8. The first-order valence-corrected chi connectivity index (χ1v) is 7.01. The first-order chi connectivity index (χ1) is 9.65. The maximum absolute atomic E-state index is 12.6. The predicted molar refractivity (Wildman–Crippen MR) is 78.5 cm³/mol. The first kappa shape index (κ1) is 12.9. The summed E-state index contributed by atoms with van der Waals surface area (Å²) in [7, 11) is 1.84. The summed E-state index contributed by atoms with van der Waals surface area (Å²) in [5.74, 6) is 1.26. The summed E-state index contributed by atoms with van der Waals surface area (Å²) in [6.07, 6.45) is 2.27. The number of anilines is 1. The molecule has 3 rings (SSSR count). The van der Waals surface area contributed by atoms with Gasteiger partial charge in [0.15, 0.2) is 0 Å². The molecule has 1 aromatic carbocycles. The monoisotopic (exact) mass is 269 g/mol. The van der Waals surface area contributed by atoms with Crippen molar-refractivity contribution in [2.24, 2.45) is 13.0 Å². The van der Waals surface area contributed by atoms with Crippen LogP contribution in [-0.2, 0) is 11.8 Å². The van der Waals surface area contributed by atoms with Crippen LogP contribution >= 0.6 is 0 Å². The second-order valence-electron chi connectivity index (χ2n) is 5.51. The standard InChI is InChI=1S/C16H19N3O/c1-11-10-14(19(2)18-11)17-16(20)15(13-8-9-13)12-6-4-3-5-7-12/h3-7,10,13,15H,8-9H2,1-2H3,(H,17,20). The van der Waals surface area contributed by atoms with Crippen molar-refractivity contribution in [1.82, 2.24) is 9.78 Å². The van der Waals surface area contributed by atoms with Gasteiger partial charge in [-0.1, -0.05) is 30.3 Å². The zero-order valence-corrected chi connectivity index (χ0v) is 11.8. The normalized spacial score (nSPS) is 15.9. The van der Waals surface area contributed by atoms with Crippen LogP contribution in [-0.4, -0.2) is 15.7 Å². The van der Waals surface area contributed by atoms with Crippen LogP contribution < -0.4 is 5.32 Å². The van der Waals surface area contributed by atoms with E-state index in [1.807, 2.05) is 50.4 Å². The number of aryl methyl sites for hydroxylation is 2. The molecule has 0 radical (unpaired) electrons. The lowest BCUT2D eigenvalue weighted by atomic mass is 9.93. The van der Waals surface area contributed by atoms with E-state index in [-0.39, 0.29) is 11.8 Å². The lowest BCUT2D eigenvalue weighted by molar-refractivity contribution is -0.118. The van der Waals surface area contributed by atoms with E-state index in [0.717, 1.165) is 29.9 Å². The first-order valence-electron chi connectivity index (χ1n) is 7.01. The van der Waals surface area contributed by atoms with E-state index >= 15 is 0 Å². The summed E-state index contributed by atoms with van der Waals surface area (Å²) in [5, 5.41) is 7.27. The molecule has 1 atom stereocenters. The summed E-state index contributed by atoms with van der Waals surface area (Å²) >= 11 is 0. The van der Waals surface area contributed by atoms with Gasteiger partial charge in [0, 0.05) is 13.1 Å². The molecule has 104 valence electrons. The number of nitrogens with zero attached hydrogens (tertiary/aromatic N) is 2. The van der Waals surface area contributed by atoms with Gasteiger partial charge in [0.2, 0.25) is 5.91 Å². The van der Waals surface area contributed by atoms with Crippen LogP contribution in [0.25, 0.3) is 0 Å². The van der Waals surface area contributed by atoms with E-state index in [9.17, 15) is 4.79 Å². The van der Waals surface area contributed by atoms with Gasteiger partial charge in [0.05, 0.1) is 11.6 Å². The van der Waals surface area contributed by atoms with Crippen LogP contribution in [0.15, 0.2) is 36.4 Å². The Bertz CT molecular complexity index is 614. The SMILES string of the molecule is Cc1cc(NC(=O)C(c2ccccc2)C2CC2)n(C)n1. The largest absolute Gasteiger partial charge is 0.310 e. The minimum absolute atomic E-state index is 0.0496. The van der Waals surface area contributed by atoms with Crippen LogP contribution in [0.4, 0.5) is 5.82 Å². The van der Waals surface area contributed by atoms with E-state index in [4.69, 9.17) is 0 Å². The maximum atomic E-state index is 12.6. The van der Waals surface area contributed by atoms with E-state index < -0.39 is 0 Å². The van der Waals surface area contributed by atoms with Crippen molar-refractivity contribution in [2.45, 2.75) is 25.7 Å². The number of hydrogen-bond acceptors (Lipinski definition) is 2. The Labute approximate surface area is 118 Å². The van der Waals surface area contributed by atoms with Crippen LogP contribution in [0.1, 0.15) is 30.0 Å². The number of rotatable bonds is 4. The highest BCUT2D eigenvalue weighted by Gasteiger charge is 2.37. The van der Waals surface area contributed by atoms with Crippen molar-refractivity contribution in [3.05, 3.63) is 47.7 Å². The molecule has 4 heteroatoms. The molecule has 0 spiro atoms. The van der Waals surface area contributed by atoms with Gasteiger partial charge in [-0.2, -0.15) is 5.10 Å². The van der Waals surface area contributed by atoms with Gasteiger partial charge >= 0.3 is 0 Å². The molecule has 0 bridgehead atoms. The van der Waals surface area contributed by atoms with Crippen molar-refractivity contribution >= 4 is 11.7 Å². The van der Waals surface area contributed by atoms with Gasteiger partial charge < -0.3 is 5.32 Å². The molecule has 20 heavy (non-hydrogen) atoms. The van der Waals surface area contributed by atoms with Gasteiger partial charge in [-0.15, -0.1) is 0 Å². The van der Waals surface area contributed by atoms with E-state index in [2.05, 4.69) is 10.4 Å². The fourth-order valence-electron chi connectivity index (χ4n) is 2.66. The minimum Gasteiger partial charge on any atom is -0.310 e. The van der Waals surface area contributed by atoms with Gasteiger partial charge in [0.1, 0.15) is 5.82 Å². The topological polar surface area (TPSA) is 46.9 Å². The highest BCUT2D eigenvalue weighted by Crippen LogP contribution is 2.43. The van der Waals surface area contributed by atoms with Crippen molar-refractivity contribution in [3.8, 4) is 0 Å². The van der Waals surface area contributed by atoms with E-state index in [1.54, 1.807) is 4.68 Å². The quantitative estimate of drug-likeness (QED) is 0.927. The molecule has 1 unspecified atom stereocenters. The number of amides is 1. The molecule has 1 aliphatic rings. The fourth-order valence-corrected chi connectivity index (χ4v) is 2.66. The number of benzene rings is 1. The third kappa shape index (κ3) is 2.59. The van der Waals surface area contributed by atoms with Crippen molar-refractivity contribution < 1.29 is 4.79 Å². The van der Waals surface area contributed by atoms with Gasteiger partial charge in [-0.25, -0.2) is 0 Å². The molecule has 1 N–H and O–H groups in total. The second-order valence-corrected chi connectivity index (χ2v) is 5.51.